The number of aromatic nitrogens is 1. The molecule has 3 nitrogen and oxygen atoms in total. The molecule has 0 bridgehead atoms. The van der Waals surface area contributed by atoms with Crippen LogP contribution in [-0.4, -0.2) is 5.16 Å². The van der Waals surface area contributed by atoms with Crippen LogP contribution in [0.3, 0.4) is 0 Å². The summed E-state index contributed by atoms with van der Waals surface area (Å²) in [6, 6.07) is 5.50. The van der Waals surface area contributed by atoms with Crippen LogP contribution in [0.1, 0.15) is 0 Å². The van der Waals surface area contributed by atoms with Crippen LogP contribution in [0.25, 0.3) is 11.3 Å². The predicted octanol–water partition coefficient (Wildman–Crippen LogP) is 3.94. The monoisotopic (exact) mass is 398 g/mol. The first-order valence-electron chi connectivity index (χ1n) is 3.95. The largest absolute Gasteiger partial charge is 0.380 e. The highest BCUT2D eigenvalue weighted by atomic mass is 127. The maximum atomic E-state index is 5.93. The molecule has 6 heteroatoms. The van der Waals surface area contributed by atoms with Gasteiger partial charge in [-0.05, 0) is 40.8 Å². The van der Waals surface area contributed by atoms with Crippen molar-refractivity contribution in [1.29, 1.82) is 0 Å². The molecule has 2 N–H and O–H groups in total. The molecule has 15 heavy (non-hydrogen) atoms. The van der Waals surface area contributed by atoms with Crippen molar-refractivity contribution >= 4 is 55.9 Å². The van der Waals surface area contributed by atoms with E-state index in [1.807, 2.05) is 6.07 Å². The Labute approximate surface area is 113 Å². The van der Waals surface area contributed by atoms with E-state index in [9.17, 15) is 0 Å². The summed E-state index contributed by atoms with van der Waals surface area (Å²) in [6.07, 6.45) is 0. The smallest absolute Gasteiger partial charge is 0.182 e. The number of rotatable bonds is 1. The number of halogens is 3. The van der Waals surface area contributed by atoms with Crippen LogP contribution in [0.4, 0.5) is 5.82 Å². The van der Waals surface area contributed by atoms with Crippen molar-refractivity contribution < 1.29 is 4.52 Å². The molecule has 0 aliphatic heterocycles. The van der Waals surface area contributed by atoms with Gasteiger partial charge in [0, 0.05) is 15.1 Å². The van der Waals surface area contributed by atoms with Gasteiger partial charge in [0.25, 0.3) is 0 Å². The van der Waals surface area contributed by atoms with E-state index >= 15 is 0 Å². The highest BCUT2D eigenvalue weighted by Gasteiger charge is 2.13. The summed E-state index contributed by atoms with van der Waals surface area (Å²) in [5.74, 6) is 1.03. The van der Waals surface area contributed by atoms with Crippen LogP contribution in [0, 0.1) is 3.57 Å². The van der Waals surface area contributed by atoms with Crippen molar-refractivity contribution in [2.75, 3.05) is 5.73 Å². The molecule has 0 amide bonds. The lowest BCUT2D eigenvalue weighted by atomic mass is 10.2. The quantitative estimate of drug-likeness (QED) is 0.739. The van der Waals surface area contributed by atoms with E-state index in [1.54, 1.807) is 12.1 Å². The minimum atomic E-state index is 0.390. The minimum absolute atomic E-state index is 0.390. The maximum Gasteiger partial charge on any atom is 0.182 e. The van der Waals surface area contributed by atoms with E-state index in [0.29, 0.717) is 16.6 Å². The Hall–Kier alpha value is -0.270. The summed E-state index contributed by atoms with van der Waals surface area (Å²) in [5.41, 5.74) is 6.45. The number of nitrogen functional groups attached to an aromatic ring is 1. The molecule has 0 saturated carbocycles. The van der Waals surface area contributed by atoms with Gasteiger partial charge < -0.3 is 10.3 Å². The molecule has 2 aromatic rings. The SMILES string of the molecule is Nc1noc(-c2cc(Cl)cc(Br)c2)c1I. The van der Waals surface area contributed by atoms with E-state index in [2.05, 4.69) is 43.7 Å². The minimum Gasteiger partial charge on any atom is -0.380 e. The molecule has 0 aliphatic carbocycles. The second-order valence-corrected chi connectivity index (χ2v) is 5.30. The number of nitrogens with two attached hydrogens (primary N) is 1. The topological polar surface area (TPSA) is 52.0 Å². The molecule has 0 saturated heterocycles. The number of anilines is 1. The van der Waals surface area contributed by atoms with Gasteiger partial charge in [-0.25, -0.2) is 0 Å². The van der Waals surface area contributed by atoms with Crippen LogP contribution < -0.4 is 5.73 Å². The highest BCUT2D eigenvalue weighted by Crippen LogP contribution is 2.32. The zero-order valence-electron chi connectivity index (χ0n) is 7.30. The lowest BCUT2D eigenvalue weighted by molar-refractivity contribution is 0.435. The zero-order chi connectivity index (χ0) is 11.0. The zero-order valence-corrected chi connectivity index (χ0v) is 11.8. The van der Waals surface area contributed by atoms with Crippen molar-refractivity contribution in [3.8, 4) is 11.3 Å². The second-order valence-electron chi connectivity index (χ2n) is 2.87. The van der Waals surface area contributed by atoms with E-state index in [1.165, 1.54) is 0 Å². The van der Waals surface area contributed by atoms with Crippen LogP contribution in [0.15, 0.2) is 27.2 Å². The molecular formula is C9H5BrClIN2O. The third-order valence-corrected chi connectivity index (χ3v) is 3.50. The van der Waals surface area contributed by atoms with Crippen molar-refractivity contribution in [1.82, 2.24) is 5.16 Å². The fourth-order valence-corrected chi connectivity index (χ4v) is 2.52. The van der Waals surface area contributed by atoms with Gasteiger partial charge in [0.1, 0.15) is 3.57 Å². The van der Waals surface area contributed by atoms with Crippen molar-refractivity contribution in [2.45, 2.75) is 0 Å². The fourth-order valence-electron chi connectivity index (χ4n) is 1.16. The first kappa shape index (κ1) is 11.2. The molecule has 78 valence electrons. The molecule has 0 spiro atoms. The Morgan fingerprint density at radius 3 is 2.67 bits per heavy atom. The van der Waals surface area contributed by atoms with Gasteiger partial charge in [-0.15, -0.1) is 0 Å². The van der Waals surface area contributed by atoms with Crippen LogP contribution in [0.2, 0.25) is 5.02 Å². The molecular weight excluding hydrogens is 394 g/mol. The van der Waals surface area contributed by atoms with Crippen molar-refractivity contribution in [2.24, 2.45) is 0 Å². The van der Waals surface area contributed by atoms with Gasteiger partial charge in [-0.3, -0.25) is 0 Å². The van der Waals surface area contributed by atoms with Gasteiger partial charge >= 0.3 is 0 Å². The molecule has 0 aliphatic rings. The van der Waals surface area contributed by atoms with Crippen LogP contribution in [-0.2, 0) is 0 Å². The number of hydrogen-bond acceptors (Lipinski definition) is 3. The Morgan fingerprint density at radius 1 is 1.40 bits per heavy atom. The van der Waals surface area contributed by atoms with Crippen LogP contribution >= 0.6 is 50.1 Å². The third-order valence-electron chi connectivity index (χ3n) is 1.78. The van der Waals surface area contributed by atoms with E-state index in [4.69, 9.17) is 21.9 Å². The molecule has 1 heterocycles. The van der Waals surface area contributed by atoms with E-state index in [0.717, 1.165) is 13.6 Å². The standard InChI is InChI=1S/C9H5BrClIN2O/c10-5-1-4(2-6(11)3-5)8-7(12)9(13)14-15-8/h1-3H,(H2,13,14). The van der Waals surface area contributed by atoms with Gasteiger partial charge in [0.15, 0.2) is 11.6 Å². The predicted molar refractivity (Wildman–Crippen MR) is 71.8 cm³/mol. The van der Waals surface area contributed by atoms with Crippen molar-refractivity contribution in [3.05, 3.63) is 31.3 Å². The Bertz CT molecular complexity index is 495. The van der Waals surface area contributed by atoms with Crippen LogP contribution in [0.5, 0.6) is 0 Å². The first-order chi connectivity index (χ1) is 7.08. The van der Waals surface area contributed by atoms with E-state index < -0.39 is 0 Å². The number of nitrogens with zero attached hydrogens (tertiary/aromatic N) is 1. The summed E-state index contributed by atoms with van der Waals surface area (Å²) in [6.45, 7) is 0. The maximum absolute atomic E-state index is 5.93. The third kappa shape index (κ3) is 2.29. The number of hydrogen-bond donors (Lipinski definition) is 1. The second kappa shape index (κ2) is 4.31. The molecule has 1 aromatic heterocycles. The molecule has 2 rings (SSSR count). The van der Waals surface area contributed by atoms with E-state index in [-0.39, 0.29) is 0 Å². The fraction of sp³-hybridized carbons (Fsp3) is 0. The van der Waals surface area contributed by atoms with Gasteiger partial charge in [0.2, 0.25) is 0 Å². The molecule has 0 unspecified atom stereocenters. The van der Waals surface area contributed by atoms with Gasteiger partial charge in [0.05, 0.1) is 0 Å². The Kier molecular flexibility index (Phi) is 3.22. The summed E-state index contributed by atoms with van der Waals surface area (Å²) in [7, 11) is 0. The molecule has 0 radical (unpaired) electrons. The average molecular weight is 399 g/mol. The van der Waals surface area contributed by atoms with Gasteiger partial charge in [-0.1, -0.05) is 32.7 Å². The summed E-state index contributed by atoms with van der Waals surface area (Å²) < 4.78 is 6.81. The summed E-state index contributed by atoms with van der Waals surface area (Å²) >= 11 is 11.4. The average Bonchev–Trinajstić information content (AvgIpc) is 2.46. The Balaban J connectivity index is 2.58. The highest BCUT2D eigenvalue weighted by molar-refractivity contribution is 14.1. The first-order valence-corrected chi connectivity index (χ1v) is 6.20. The lowest BCUT2D eigenvalue weighted by Gasteiger charge is -1.99. The Morgan fingerprint density at radius 2 is 2.13 bits per heavy atom. The summed E-state index contributed by atoms with van der Waals surface area (Å²) in [4.78, 5) is 0. The molecule has 0 fully saturated rings. The van der Waals surface area contributed by atoms with Gasteiger partial charge in [-0.2, -0.15) is 0 Å². The molecule has 0 atom stereocenters. The lowest BCUT2D eigenvalue weighted by Crippen LogP contribution is -1.86. The number of benzene rings is 1. The van der Waals surface area contributed by atoms with Crippen molar-refractivity contribution in [3.63, 3.8) is 0 Å². The normalized spacial score (nSPS) is 10.6. The summed E-state index contributed by atoms with van der Waals surface area (Å²) in [5, 5.41) is 4.32. The molecule has 1 aromatic carbocycles.